The third-order valence-corrected chi connectivity index (χ3v) is 4.38. The van der Waals surface area contributed by atoms with Crippen molar-refractivity contribution in [3.63, 3.8) is 0 Å². The Morgan fingerprint density at radius 3 is 3.04 bits per heavy atom. The molecule has 1 aliphatic heterocycles. The topological polar surface area (TPSA) is 56.3 Å². The van der Waals surface area contributed by atoms with E-state index in [1.54, 1.807) is 6.20 Å². The molecule has 3 heterocycles. The van der Waals surface area contributed by atoms with E-state index in [2.05, 4.69) is 15.0 Å². The first-order valence-electron chi connectivity index (χ1n) is 8.53. The fraction of sp³-hybridized carbons (Fsp3) is 0.444. The fourth-order valence-electron chi connectivity index (χ4n) is 3.19. The second kappa shape index (κ2) is 7.15. The number of ether oxygens (including phenoxy) is 1. The van der Waals surface area contributed by atoms with Crippen molar-refractivity contribution in [2.75, 3.05) is 26.2 Å². The summed E-state index contributed by atoms with van der Waals surface area (Å²) in [4.78, 5) is 7.00. The highest BCUT2D eigenvalue weighted by Crippen LogP contribution is 2.16. The number of rotatable bonds is 6. The predicted molar refractivity (Wildman–Crippen MR) is 90.7 cm³/mol. The van der Waals surface area contributed by atoms with Gasteiger partial charge in [0.25, 0.3) is 0 Å². The lowest BCUT2D eigenvalue weighted by Crippen LogP contribution is -2.44. The highest BCUT2D eigenvalue weighted by Gasteiger charge is 2.20. The third-order valence-electron chi connectivity index (χ3n) is 4.38. The minimum Gasteiger partial charge on any atom is -0.441 e. The molecule has 4 rings (SSSR count). The smallest absolute Gasteiger partial charge is 0.195 e. The Bertz CT molecular complexity index is 735. The van der Waals surface area contributed by atoms with Crippen molar-refractivity contribution in [3.05, 3.63) is 48.6 Å². The summed E-state index contributed by atoms with van der Waals surface area (Å²) in [5.41, 5.74) is 1.82. The molecule has 6 heteroatoms. The molecule has 1 aromatic carbocycles. The van der Waals surface area contributed by atoms with Crippen LogP contribution in [-0.2, 0) is 17.7 Å². The highest BCUT2D eigenvalue weighted by atomic mass is 16.5. The molecule has 6 nitrogen and oxygen atoms in total. The van der Waals surface area contributed by atoms with Crippen molar-refractivity contribution < 1.29 is 9.15 Å². The van der Waals surface area contributed by atoms with Crippen LogP contribution >= 0.6 is 0 Å². The van der Waals surface area contributed by atoms with Crippen LogP contribution in [0.15, 0.2) is 47.1 Å². The lowest BCUT2D eigenvalue weighted by atomic mass is 10.2. The van der Waals surface area contributed by atoms with Crippen LogP contribution in [0.3, 0.4) is 0 Å². The molecule has 0 saturated carbocycles. The molecule has 2 aromatic heterocycles. The second-order valence-electron chi connectivity index (χ2n) is 6.20. The molecule has 3 aromatic rings. The summed E-state index contributed by atoms with van der Waals surface area (Å²) in [6, 6.07) is 9.87. The molecule has 1 atom stereocenters. The van der Waals surface area contributed by atoms with Gasteiger partial charge in [0.05, 0.1) is 19.3 Å². The highest BCUT2D eigenvalue weighted by molar-refractivity contribution is 5.72. The number of para-hydroxylation sites is 2. The number of aryl methyl sites for hydroxylation is 1. The standard InChI is InChI=1S/C18H22N4O2/c1-2-6-17-16(5-1)20-18(24-17)7-3-9-21-11-12-23-15(13-21)14-22-10-4-8-19-22/h1-2,4-6,8,10,15H,3,7,9,11-14H2/t15-/m1/s1. The van der Waals surface area contributed by atoms with E-state index in [4.69, 9.17) is 9.15 Å². The largest absolute Gasteiger partial charge is 0.441 e. The second-order valence-corrected chi connectivity index (χ2v) is 6.20. The van der Waals surface area contributed by atoms with Crippen LogP contribution in [0.25, 0.3) is 11.1 Å². The van der Waals surface area contributed by atoms with Gasteiger partial charge >= 0.3 is 0 Å². The first-order valence-corrected chi connectivity index (χ1v) is 8.53. The zero-order chi connectivity index (χ0) is 16.2. The summed E-state index contributed by atoms with van der Waals surface area (Å²) in [6.07, 6.45) is 5.91. The van der Waals surface area contributed by atoms with E-state index >= 15 is 0 Å². The van der Waals surface area contributed by atoms with Gasteiger partial charge in [-0.2, -0.15) is 5.10 Å². The summed E-state index contributed by atoms with van der Waals surface area (Å²) >= 11 is 0. The SMILES string of the molecule is c1ccc2oc(CCCN3CCO[C@@H](Cn4cccn4)C3)nc2c1. The monoisotopic (exact) mass is 326 g/mol. The van der Waals surface area contributed by atoms with Crippen molar-refractivity contribution >= 4 is 11.1 Å². The minimum absolute atomic E-state index is 0.211. The van der Waals surface area contributed by atoms with Gasteiger partial charge in [-0.05, 0) is 31.2 Å². The molecular formula is C18H22N4O2. The van der Waals surface area contributed by atoms with Gasteiger partial charge in [0.2, 0.25) is 0 Å². The van der Waals surface area contributed by atoms with Gasteiger partial charge in [0.1, 0.15) is 5.52 Å². The van der Waals surface area contributed by atoms with Gasteiger partial charge in [-0.1, -0.05) is 12.1 Å². The Morgan fingerprint density at radius 1 is 1.21 bits per heavy atom. The number of aromatic nitrogens is 3. The van der Waals surface area contributed by atoms with Gasteiger partial charge < -0.3 is 9.15 Å². The van der Waals surface area contributed by atoms with Crippen LogP contribution in [0.2, 0.25) is 0 Å². The number of fused-ring (bicyclic) bond motifs is 1. The maximum Gasteiger partial charge on any atom is 0.195 e. The molecule has 126 valence electrons. The summed E-state index contributed by atoms with van der Waals surface area (Å²) in [7, 11) is 0. The van der Waals surface area contributed by atoms with E-state index in [1.165, 1.54) is 0 Å². The molecule has 24 heavy (non-hydrogen) atoms. The maximum atomic E-state index is 5.85. The number of benzene rings is 1. The molecule has 1 fully saturated rings. The molecule has 0 aliphatic carbocycles. The van der Waals surface area contributed by atoms with Gasteiger partial charge in [-0.15, -0.1) is 0 Å². The Kier molecular flexibility index (Phi) is 4.57. The van der Waals surface area contributed by atoms with Crippen LogP contribution in [0.1, 0.15) is 12.3 Å². The summed E-state index contributed by atoms with van der Waals surface area (Å²) in [5, 5.41) is 4.26. The Labute approximate surface area is 141 Å². The third kappa shape index (κ3) is 3.66. The van der Waals surface area contributed by atoms with Crippen molar-refractivity contribution in [1.29, 1.82) is 0 Å². The molecule has 0 unspecified atom stereocenters. The van der Waals surface area contributed by atoms with Crippen molar-refractivity contribution in [2.24, 2.45) is 0 Å². The molecule has 0 amide bonds. The Hall–Kier alpha value is -2.18. The summed E-state index contributed by atoms with van der Waals surface area (Å²) < 4.78 is 13.6. The van der Waals surface area contributed by atoms with E-state index in [9.17, 15) is 0 Å². The minimum atomic E-state index is 0.211. The van der Waals surface area contributed by atoms with Crippen LogP contribution < -0.4 is 0 Å². The zero-order valence-corrected chi connectivity index (χ0v) is 13.7. The van der Waals surface area contributed by atoms with Crippen molar-refractivity contribution in [2.45, 2.75) is 25.5 Å². The van der Waals surface area contributed by atoms with E-state index in [0.29, 0.717) is 0 Å². The molecule has 0 bridgehead atoms. The average molecular weight is 326 g/mol. The van der Waals surface area contributed by atoms with E-state index in [1.807, 2.05) is 41.2 Å². The molecule has 0 radical (unpaired) electrons. The number of morpholine rings is 1. The van der Waals surface area contributed by atoms with Crippen molar-refractivity contribution in [1.82, 2.24) is 19.7 Å². The molecule has 1 aliphatic rings. The van der Waals surface area contributed by atoms with Gasteiger partial charge in [-0.25, -0.2) is 4.98 Å². The van der Waals surface area contributed by atoms with Crippen LogP contribution in [0.4, 0.5) is 0 Å². The first-order chi connectivity index (χ1) is 11.9. The first kappa shape index (κ1) is 15.4. The van der Waals surface area contributed by atoms with Crippen LogP contribution in [-0.4, -0.2) is 52.0 Å². The van der Waals surface area contributed by atoms with E-state index < -0.39 is 0 Å². The van der Waals surface area contributed by atoms with Gasteiger partial charge in [-0.3, -0.25) is 9.58 Å². The average Bonchev–Trinajstić information content (AvgIpc) is 3.24. The fourth-order valence-corrected chi connectivity index (χ4v) is 3.19. The lowest BCUT2D eigenvalue weighted by molar-refractivity contribution is -0.0377. The normalized spacial score (nSPS) is 19.1. The number of hydrogen-bond donors (Lipinski definition) is 0. The summed E-state index contributed by atoms with van der Waals surface area (Å²) in [6.45, 7) is 4.58. The van der Waals surface area contributed by atoms with Gasteiger partial charge in [0.15, 0.2) is 11.5 Å². The number of nitrogens with zero attached hydrogens (tertiary/aromatic N) is 4. The predicted octanol–water partition coefficient (Wildman–Crippen LogP) is 2.36. The number of oxazole rings is 1. The molecule has 1 saturated heterocycles. The zero-order valence-electron chi connectivity index (χ0n) is 13.7. The Balaban J connectivity index is 1.26. The van der Waals surface area contributed by atoms with Crippen molar-refractivity contribution in [3.8, 4) is 0 Å². The quantitative estimate of drug-likeness (QED) is 0.696. The molecule has 0 N–H and O–H groups in total. The Morgan fingerprint density at radius 2 is 2.17 bits per heavy atom. The molecule has 0 spiro atoms. The van der Waals surface area contributed by atoms with Crippen LogP contribution in [0, 0.1) is 0 Å². The van der Waals surface area contributed by atoms with Crippen LogP contribution in [0.5, 0.6) is 0 Å². The maximum absolute atomic E-state index is 5.85. The summed E-state index contributed by atoms with van der Waals surface area (Å²) in [5.74, 6) is 0.831. The number of hydrogen-bond acceptors (Lipinski definition) is 5. The van der Waals surface area contributed by atoms with E-state index in [0.717, 1.165) is 62.6 Å². The van der Waals surface area contributed by atoms with Gasteiger partial charge in [0, 0.05) is 31.9 Å². The van der Waals surface area contributed by atoms with E-state index in [-0.39, 0.29) is 6.10 Å². The lowest BCUT2D eigenvalue weighted by Gasteiger charge is -2.32. The molecular weight excluding hydrogens is 304 g/mol.